The molecule has 0 saturated heterocycles. The average Bonchev–Trinajstić information content (AvgIpc) is 3.41. The maximum Gasteiger partial charge on any atom is 0.162 e. The fraction of sp³-hybridized carbons (Fsp3) is 0.182. The number of anilines is 2. The van der Waals surface area contributed by atoms with Gasteiger partial charge in [0.2, 0.25) is 0 Å². The maximum absolute atomic E-state index is 5.49. The molecular formula is C22H19N3O3. The highest BCUT2D eigenvalue weighted by Crippen LogP contribution is 2.41. The van der Waals surface area contributed by atoms with Crippen molar-refractivity contribution in [3.8, 4) is 22.6 Å². The lowest BCUT2D eigenvalue weighted by Gasteiger charge is -2.21. The first kappa shape index (κ1) is 16.6. The molecule has 6 nitrogen and oxygen atoms in total. The molecule has 2 aromatic heterocycles. The second-order valence-corrected chi connectivity index (χ2v) is 6.71. The standard InChI is InChI=1S/C22H19N3O3/c1-26-21-10-17-18(11-22(21)27-2)24-23-12-20(17)25-7-5-15-9-14(3-4-19(15)25)16-6-8-28-13-16/h3-4,6,8-13H,5,7H2,1-2H3. The van der Waals surface area contributed by atoms with E-state index in [1.165, 1.54) is 16.8 Å². The van der Waals surface area contributed by atoms with E-state index in [2.05, 4.69) is 33.3 Å². The van der Waals surface area contributed by atoms with Crippen LogP contribution >= 0.6 is 0 Å². The zero-order chi connectivity index (χ0) is 19.1. The molecule has 1 aliphatic rings. The molecule has 0 aliphatic carbocycles. The number of nitrogens with zero attached hydrogens (tertiary/aromatic N) is 3. The van der Waals surface area contributed by atoms with Crippen LogP contribution in [0.4, 0.5) is 11.4 Å². The minimum absolute atomic E-state index is 0.646. The summed E-state index contributed by atoms with van der Waals surface area (Å²) in [6.07, 6.45) is 6.26. The molecular weight excluding hydrogens is 354 g/mol. The summed E-state index contributed by atoms with van der Waals surface area (Å²) < 4.78 is 16.1. The minimum atomic E-state index is 0.646. The molecule has 0 N–H and O–H groups in total. The van der Waals surface area contributed by atoms with Gasteiger partial charge < -0.3 is 18.8 Å². The van der Waals surface area contributed by atoms with Crippen LogP contribution in [0.2, 0.25) is 0 Å². The van der Waals surface area contributed by atoms with E-state index in [0.29, 0.717) is 11.5 Å². The summed E-state index contributed by atoms with van der Waals surface area (Å²) in [5, 5.41) is 9.48. The largest absolute Gasteiger partial charge is 0.493 e. The van der Waals surface area contributed by atoms with Crippen molar-refractivity contribution in [2.24, 2.45) is 0 Å². The van der Waals surface area contributed by atoms with E-state index in [4.69, 9.17) is 13.9 Å². The highest BCUT2D eigenvalue weighted by molar-refractivity contribution is 5.96. The molecule has 3 heterocycles. The number of rotatable bonds is 4. The van der Waals surface area contributed by atoms with E-state index in [9.17, 15) is 0 Å². The van der Waals surface area contributed by atoms with Crippen LogP contribution in [0.15, 0.2) is 59.5 Å². The van der Waals surface area contributed by atoms with Gasteiger partial charge in [-0.25, -0.2) is 0 Å². The van der Waals surface area contributed by atoms with Crippen molar-refractivity contribution < 1.29 is 13.9 Å². The predicted molar refractivity (Wildman–Crippen MR) is 107 cm³/mol. The molecule has 0 unspecified atom stereocenters. The van der Waals surface area contributed by atoms with Gasteiger partial charge in [0.05, 0.1) is 44.1 Å². The Hall–Kier alpha value is -3.54. The highest BCUT2D eigenvalue weighted by Gasteiger charge is 2.24. The molecule has 0 saturated carbocycles. The van der Waals surface area contributed by atoms with Crippen LogP contribution in [-0.4, -0.2) is 31.0 Å². The molecule has 0 fully saturated rings. The van der Waals surface area contributed by atoms with Crippen molar-refractivity contribution in [3.05, 3.63) is 60.7 Å². The van der Waals surface area contributed by atoms with Crippen LogP contribution in [0, 0.1) is 0 Å². The molecule has 0 amide bonds. The van der Waals surface area contributed by atoms with E-state index in [1.807, 2.05) is 24.4 Å². The van der Waals surface area contributed by atoms with Gasteiger partial charge in [-0.3, -0.25) is 0 Å². The van der Waals surface area contributed by atoms with Crippen molar-refractivity contribution in [1.29, 1.82) is 0 Å². The third-order valence-electron chi connectivity index (χ3n) is 5.24. The lowest BCUT2D eigenvalue weighted by molar-refractivity contribution is 0.355. The Kier molecular flexibility index (Phi) is 3.90. The van der Waals surface area contributed by atoms with E-state index >= 15 is 0 Å². The summed E-state index contributed by atoms with van der Waals surface area (Å²) in [5.41, 5.74) is 6.55. The number of benzene rings is 2. The quantitative estimate of drug-likeness (QED) is 0.521. The Balaban J connectivity index is 1.61. The van der Waals surface area contributed by atoms with Crippen LogP contribution in [0.1, 0.15) is 5.56 Å². The van der Waals surface area contributed by atoms with Gasteiger partial charge in [-0.15, -0.1) is 0 Å². The number of hydrogen-bond acceptors (Lipinski definition) is 6. The molecule has 0 spiro atoms. The van der Waals surface area contributed by atoms with E-state index in [0.717, 1.165) is 35.1 Å². The summed E-state index contributed by atoms with van der Waals surface area (Å²) in [6, 6.07) is 12.3. The van der Waals surface area contributed by atoms with Crippen molar-refractivity contribution in [2.75, 3.05) is 25.7 Å². The molecule has 140 valence electrons. The lowest BCUT2D eigenvalue weighted by Crippen LogP contribution is -2.14. The Labute approximate surface area is 162 Å². The lowest BCUT2D eigenvalue weighted by atomic mass is 10.0. The Morgan fingerprint density at radius 1 is 0.964 bits per heavy atom. The summed E-state index contributed by atoms with van der Waals surface area (Å²) in [4.78, 5) is 2.29. The van der Waals surface area contributed by atoms with E-state index < -0.39 is 0 Å². The van der Waals surface area contributed by atoms with Gasteiger partial charge in [-0.1, -0.05) is 6.07 Å². The highest BCUT2D eigenvalue weighted by atomic mass is 16.5. The SMILES string of the molecule is COc1cc2nncc(N3CCc4cc(-c5ccoc5)ccc43)c2cc1OC. The zero-order valence-corrected chi connectivity index (χ0v) is 15.7. The second-order valence-electron chi connectivity index (χ2n) is 6.71. The molecule has 1 aliphatic heterocycles. The minimum Gasteiger partial charge on any atom is -0.493 e. The van der Waals surface area contributed by atoms with Gasteiger partial charge in [0.25, 0.3) is 0 Å². The number of methoxy groups -OCH3 is 2. The monoisotopic (exact) mass is 373 g/mol. The zero-order valence-electron chi connectivity index (χ0n) is 15.7. The summed E-state index contributed by atoms with van der Waals surface area (Å²) in [7, 11) is 3.26. The molecule has 0 atom stereocenters. The fourth-order valence-electron chi connectivity index (χ4n) is 3.85. The van der Waals surface area contributed by atoms with Crippen LogP contribution in [0.25, 0.3) is 22.0 Å². The van der Waals surface area contributed by atoms with E-state index in [-0.39, 0.29) is 0 Å². The number of hydrogen-bond donors (Lipinski definition) is 0. The second kappa shape index (κ2) is 6.56. The van der Waals surface area contributed by atoms with Crippen molar-refractivity contribution in [2.45, 2.75) is 6.42 Å². The fourth-order valence-corrected chi connectivity index (χ4v) is 3.85. The third-order valence-corrected chi connectivity index (χ3v) is 5.24. The third kappa shape index (κ3) is 2.57. The molecule has 4 aromatic rings. The van der Waals surface area contributed by atoms with Crippen LogP contribution in [0.5, 0.6) is 11.5 Å². The van der Waals surface area contributed by atoms with Gasteiger partial charge in [0, 0.05) is 29.2 Å². The van der Waals surface area contributed by atoms with Crippen LogP contribution in [0.3, 0.4) is 0 Å². The summed E-state index contributed by atoms with van der Waals surface area (Å²) in [6.45, 7) is 0.888. The Bertz CT molecular complexity index is 1160. The van der Waals surface area contributed by atoms with Gasteiger partial charge in [0.15, 0.2) is 11.5 Å². The number of furan rings is 1. The van der Waals surface area contributed by atoms with Gasteiger partial charge in [-0.2, -0.15) is 10.2 Å². The number of fused-ring (bicyclic) bond motifs is 2. The molecule has 0 bridgehead atoms. The van der Waals surface area contributed by atoms with Crippen LogP contribution in [-0.2, 0) is 6.42 Å². The molecule has 0 radical (unpaired) electrons. The maximum atomic E-state index is 5.49. The van der Waals surface area contributed by atoms with Crippen LogP contribution < -0.4 is 14.4 Å². The smallest absolute Gasteiger partial charge is 0.162 e. The first-order valence-electron chi connectivity index (χ1n) is 9.09. The predicted octanol–water partition coefficient (Wildman–Crippen LogP) is 4.60. The molecule has 2 aromatic carbocycles. The molecule has 6 heteroatoms. The molecule has 5 rings (SSSR count). The van der Waals surface area contributed by atoms with Crippen molar-refractivity contribution in [1.82, 2.24) is 10.2 Å². The summed E-state index contributed by atoms with van der Waals surface area (Å²) in [5.74, 6) is 1.33. The normalized spacial score (nSPS) is 13.0. The van der Waals surface area contributed by atoms with Crippen molar-refractivity contribution in [3.63, 3.8) is 0 Å². The number of aromatic nitrogens is 2. The van der Waals surface area contributed by atoms with E-state index in [1.54, 1.807) is 26.7 Å². The number of ether oxygens (including phenoxy) is 2. The summed E-state index contributed by atoms with van der Waals surface area (Å²) >= 11 is 0. The molecule has 28 heavy (non-hydrogen) atoms. The Morgan fingerprint density at radius 3 is 2.61 bits per heavy atom. The van der Waals surface area contributed by atoms with Gasteiger partial charge in [0.1, 0.15) is 0 Å². The topological polar surface area (TPSA) is 60.6 Å². The van der Waals surface area contributed by atoms with Gasteiger partial charge >= 0.3 is 0 Å². The first-order chi connectivity index (χ1) is 13.8. The van der Waals surface area contributed by atoms with Gasteiger partial charge in [-0.05, 0) is 41.8 Å². The van der Waals surface area contributed by atoms with Crippen molar-refractivity contribution >= 4 is 22.3 Å². The first-order valence-corrected chi connectivity index (χ1v) is 9.09. The average molecular weight is 373 g/mol. The Morgan fingerprint density at radius 2 is 1.82 bits per heavy atom.